The zero-order valence-corrected chi connectivity index (χ0v) is 23.3. The van der Waals surface area contributed by atoms with Crippen LogP contribution < -0.4 is 9.47 Å². The molecule has 1 heterocycles. The molecule has 0 saturated heterocycles. The summed E-state index contributed by atoms with van der Waals surface area (Å²) in [5.74, 6) is 0.458. The zero-order valence-electron chi connectivity index (χ0n) is 21.7. The predicted molar refractivity (Wildman–Crippen MR) is 158 cm³/mol. The second-order valence-corrected chi connectivity index (χ2v) is 10.0. The minimum atomic E-state index is -0.482. The standard InChI is InChI=1S/C33H26BrFN2O3/c1-23(40-29-16-17-30(31(35)21-29)26-5-3-2-4-6-26)32-19-20-37(36-32)33(38)18-11-24-9-14-28(15-10-24)39-22-25-7-12-27(34)13-8-25/h2-21,23H,22H2,1H3/b18-11+/t23-/m0/s1. The Hall–Kier alpha value is -4.49. The maximum Gasteiger partial charge on any atom is 0.270 e. The van der Waals surface area contributed by atoms with Crippen molar-refractivity contribution in [2.24, 2.45) is 0 Å². The second-order valence-electron chi connectivity index (χ2n) is 9.11. The fourth-order valence-corrected chi connectivity index (χ4v) is 4.29. The fourth-order valence-electron chi connectivity index (χ4n) is 4.03. The third-order valence-corrected chi connectivity index (χ3v) is 6.74. The molecule has 0 unspecified atom stereocenters. The number of carbonyl (C=O) groups is 1. The predicted octanol–water partition coefficient (Wildman–Crippen LogP) is 8.52. The van der Waals surface area contributed by atoms with E-state index in [9.17, 15) is 9.18 Å². The summed E-state index contributed by atoms with van der Waals surface area (Å²) in [7, 11) is 0. The van der Waals surface area contributed by atoms with Gasteiger partial charge in [-0.1, -0.05) is 70.5 Å². The third-order valence-electron chi connectivity index (χ3n) is 6.21. The van der Waals surface area contributed by atoms with Crippen LogP contribution >= 0.6 is 15.9 Å². The van der Waals surface area contributed by atoms with Gasteiger partial charge in [0, 0.05) is 28.4 Å². The first-order valence-electron chi connectivity index (χ1n) is 12.7. The van der Waals surface area contributed by atoms with Crippen molar-refractivity contribution in [2.75, 3.05) is 0 Å². The first-order valence-corrected chi connectivity index (χ1v) is 13.5. The molecule has 0 radical (unpaired) electrons. The maximum absolute atomic E-state index is 14.7. The van der Waals surface area contributed by atoms with Crippen LogP contribution in [0.4, 0.5) is 4.39 Å². The van der Waals surface area contributed by atoms with Gasteiger partial charge >= 0.3 is 0 Å². The molecule has 200 valence electrons. The Morgan fingerprint density at radius 1 is 0.950 bits per heavy atom. The Morgan fingerprint density at radius 3 is 2.40 bits per heavy atom. The van der Waals surface area contributed by atoms with E-state index in [2.05, 4.69) is 21.0 Å². The van der Waals surface area contributed by atoms with E-state index >= 15 is 0 Å². The van der Waals surface area contributed by atoms with E-state index in [-0.39, 0.29) is 11.7 Å². The monoisotopic (exact) mass is 596 g/mol. The molecule has 40 heavy (non-hydrogen) atoms. The zero-order chi connectivity index (χ0) is 27.9. The smallest absolute Gasteiger partial charge is 0.270 e. The number of carbonyl (C=O) groups excluding carboxylic acids is 1. The first kappa shape index (κ1) is 27.1. The normalized spacial score (nSPS) is 11.9. The molecule has 0 amide bonds. The summed E-state index contributed by atoms with van der Waals surface area (Å²) in [4.78, 5) is 12.7. The van der Waals surface area contributed by atoms with Crippen molar-refractivity contribution in [3.63, 3.8) is 0 Å². The molecule has 1 atom stereocenters. The highest BCUT2D eigenvalue weighted by Crippen LogP contribution is 2.28. The van der Waals surface area contributed by atoms with Crippen molar-refractivity contribution < 1.29 is 18.7 Å². The molecular weight excluding hydrogens is 571 g/mol. The lowest BCUT2D eigenvalue weighted by Gasteiger charge is -2.13. The highest BCUT2D eigenvalue weighted by molar-refractivity contribution is 9.10. The van der Waals surface area contributed by atoms with Gasteiger partial charge in [-0.2, -0.15) is 5.10 Å². The van der Waals surface area contributed by atoms with Crippen molar-refractivity contribution in [2.45, 2.75) is 19.6 Å². The summed E-state index contributed by atoms with van der Waals surface area (Å²) in [5.41, 5.74) is 3.79. The van der Waals surface area contributed by atoms with E-state index in [1.165, 1.54) is 16.8 Å². The van der Waals surface area contributed by atoms with E-state index in [0.717, 1.165) is 26.9 Å². The summed E-state index contributed by atoms with van der Waals surface area (Å²) < 4.78 is 28.7. The van der Waals surface area contributed by atoms with E-state index < -0.39 is 6.10 Å². The van der Waals surface area contributed by atoms with Crippen LogP contribution in [0.25, 0.3) is 17.2 Å². The molecule has 0 fully saturated rings. The van der Waals surface area contributed by atoms with Crippen LogP contribution in [-0.4, -0.2) is 15.7 Å². The van der Waals surface area contributed by atoms with Gasteiger partial charge in [-0.3, -0.25) is 4.79 Å². The number of benzene rings is 4. The number of rotatable bonds is 9. The van der Waals surface area contributed by atoms with E-state index in [1.807, 2.05) is 78.9 Å². The van der Waals surface area contributed by atoms with Gasteiger partial charge in [0.2, 0.25) is 0 Å². The lowest BCUT2D eigenvalue weighted by atomic mass is 10.1. The number of hydrogen-bond donors (Lipinski definition) is 0. The van der Waals surface area contributed by atoms with E-state index in [4.69, 9.17) is 9.47 Å². The van der Waals surface area contributed by atoms with Crippen molar-refractivity contribution in [1.29, 1.82) is 0 Å². The lowest BCUT2D eigenvalue weighted by Crippen LogP contribution is -2.10. The summed E-state index contributed by atoms with van der Waals surface area (Å²) in [5, 5.41) is 4.35. The molecule has 0 saturated carbocycles. The van der Waals surface area contributed by atoms with Crippen LogP contribution in [0.15, 0.2) is 120 Å². The summed E-state index contributed by atoms with van der Waals surface area (Å²) in [6.45, 7) is 2.27. The summed E-state index contributed by atoms with van der Waals surface area (Å²) >= 11 is 3.43. The Labute approximate surface area is 240 Å². The summed E-state index contributed by atoms with van der Waals surface area (Å²) in [6, 6.07) is 31.3. The minimum Gasteiger partial charge on any atom is -0.489 e. The largest absolute Gasteiger partial charge is 0.489 e. The van der Waals surface area contributed by atoms with Crippen LogP contribution in [-0.2, 0) is 6.61 Å². The second kappa shape index (κ2) is 12.6. The van der Waals surface area contributed by atoms with Crippen molar-refractivity contribution in [3.8, 4) is 22.6 Å². The Kier molecular flexibility index (Phi) is 8.52. The van der Waals surface area contributed by atoms with Gasteiger partial charge in [0.1, 0.15) is 35.7 Å². The number of ether oxygens (including phenoxy) is 2. The molecule has 0 spiro atoms. The van der Waals surface area contributed by atoms with Crippen molar-refractivity contribution in [1.82, 2.24) is 9.78 Å². The molecule has 4 aromatic carbocycles. The van der Waals surface area contributed by atoms with E-state index in [0.29, 0.717) is 23.6 Å². The van der Waals surface area contributed by atoms with Gasteiger partial charge in [0.15, 0.2) is 0 Å². The Morgan fingerprint density at radius 2 is 1.68 bits per heavy atom. The maximum atomic E-state index is 14.7. The average Bonchev–Trinajstić information content (AvgIpc) is 3.48. The van der Waals surface area contributed by atoms with Gasteiger partial charge in [0.25, 0.3) is 5.91 Å². The molecule has 0 aliphatic rings. The molecule has 0 aliphatic carbocycles. The molecule has 0 bridgehead atoms. The van der Waals surface area contributed by atoms with E-state index in [1.54, 1.807) is 37.4 Å². The minimum absolute atomic E-state index is 0.299. The third kappa shape index (κ3) is 6.93. The van der Waals surface area contributed by atoms with Gasteiger partial charge in [-0.15, -0.1) is 0 Å². The molecule has 5 rings (SSSR count). The molecule has 0 aliphatic heterocycles. The van der Waals surface area contributed by atoms with Gasteiger partial charge in [-0.05, 0) is 72.2 Å². The summed E-state index contributed by atoms with van der Waals surface area (Å²) in [6.07, 6.45) is 4.28. The van der Waals surface area contributed by atoms with Crippen LogP contribution in [0.3, 0.4) is 0 Å². The SMILES string of the molecule is C[C@H](Oc1ccc(-c2ccccc2)c(F)c1)c1ccn(C(=O)/C=C/c2ccc(OCc3ccc(Br)cc3)cc2)n1. The van der Waals surface area contributed by atoms with Crippen LogP contribution in [0.5, 0.6) is 11.5 Å². The fraction of sp³-hybridized carbons (Fsp3) is 0.0909. The highest BCUT2D eigenvalue weighted by atomic mass is 79.9. The molecule has 0 N–H and O–H groups in total. The quantitative estimate of drug-likeness (QED) is 0.160. The molecule has 5 aromatic rings. The molecule has 1 aromatic heterocycles. The van der Waals surface area contributed by atoms with Crippen molar-refractivity contribution in [3.05, 3.63) is 143 Å². The number of hydrogen-bond acceptors (Lipinski definition) is 4. The number of nitrogens with zero attached hydrogens (tertiary/aromatic N) is 2. The molecular formula is C33H26BrFN2O3. The number of allylic oxidation sites excluding steroid dienone is 1. The van der Waals surface area contributed by atoms with Crippen LogP contribution in [0, 0.1) is 5.82 Å². The number of aromatic nitrogens is 2. The van der Waals surface area contributed by atoms with Gasteiger partial charge < -0.3 is 9.47 Å². The van der Waals surface area contributed by atoms with Gasteiger partial charge in [0.05, 0.1) is 0 Å². The van der Waals surface area contributed by atoms with Crippen molar-refractivity contribution >= 4 is 27.9 Å². The van der Waals surface area contributed by atoms with Gasteiger partial charge in [-0.25, -0.2) is 9.07 Å². The Balaban J connectivity index is 1.16. The molecule has 7 heteroatoms. The van der Waals surface area contributed by atoms with Crippen LogP contribution in [0.2, 0.25) is 0 Å². The van der Waals surface area contributed by atoms with Crippen LogP contribution in [0.1, 0.15) is 34.6 Å². The topological polar surface area (TPSA) is 53.4 Å². The molecule has 5 nitrogen and oxygen atoms in total. The highest BCUT2D eigenvalue weighted by Gasteiger charge is 2.14. The first-order chi connectivity index (χ1) is 19.4. The lowest BCUT2D eigenvalue weighted by molar-refractivity contribution is 0.0953. The number of halogens is 2. The Bertz CT molecular complexity index is 1610. The average molecular weight is 597 g/mol.